The zero-order valence-corrected chi connectivity index (χ0v) is 9.93. The van der Waals surface area contributed by atoms with Crippen molar-refractivity contribution in [3.8, 4) is 0 Å². The van der Waals surface area contributed by atoms with E-state index in [0.29, 0.717) is 6.42 Å². The predicted octanol–water partition coefficient (Wildman–Crippen LogP) is 2.62. The van der Waals surface area contributed by atoms with E-state index in [-0.39, 0.29) is 0 Å². The zero-order valence-electron chi connectivity index (χ0n) is 9.93. The number of allylic oxidation sites excluding steroid dienone is 3. The fourth-order valence-corrected chi connectivity index (χ4v) is 1.82. The Morgan fingerprint density at radius 2 is 2.06 bits per heavy atom. The number of hydrogen-bond acceptors (Lipinski definition) is 2. The van der Waals surface area contributed by atoms with Gasteiger partial charge in [-0.2, -0.15) is 0 Å². The quantitative estimate of drug-likeness (QED) is 0.763. The van der Waals surface area contributed by atoms with E-state index >= 15 is 0 Å². The molecule has 2 nitrogen and oxygen atoms in total. The molecule has 1 aliphatic rings. The Balaban J connectivity index is 2.18. The Morgan fingerprint density at radius 3 is 2.65 bits per heavy atom. The molecule has 3 N–H and O–H groups in total. The van der Waals surface area contributed by atoms with Gasteiger partial charge in [0.25, 0.3) is 0 Å². The number of rotatable bonds is 2. The van der Waals surface area contributed by atoms with Crippen LogP contribution in [-0.2, 0) is 0 Å². The van der Waals surface area contributed by atoms with Gasteiger partial charge in [-0.05, 0) is 29.7 Å². The average Bonchev–Trinajstić information content (AvgIpc) is 2.30. The average molecular weight is 227 g/mol. The SMILES string of the molecule is CC(=Cc1ccccc1)C1=CCC(N)(O)C=C1. The fourth-order valence-electron chi connectivity index (χ4n) is 1.82. The lowest BCUT2D eigenvalue weighted by Crippen LogP contribution is -2.37. The molecule has 2 rings (SSSR count). The maximum atomic E-state index is 9.59. The molecular formula is C15H17NO. The molecule has 0 amide bonds. The number of hydrogen-bond donors (Lipinski definition) is 2. The Kier molecular flexibility index (Phi) is 3.27. The normalized spacial score (nSPS) is 24.6. The molecule has 1 unspecified atom stereocenters. The molecule has 0 radical (unpaired) electrons. The molecule has 0 heterocycles. The van der Waals surface area contributed by atoms with E-state index in [1.54, 1.807) is 6.08 Å². The highest BCUT2D eigenvalue weighted by atomic mass is 16.3. The standard InChI is InChI=1S/C15H17NO/c1-12(11-13-5-3-2-4-6-13)14-7-9-15(16,17)10-8-14/h2-9,11,17H,10,16H2,1H3. The minimum atomic E-state index is -1.18. The van der Waals surface area contributed by atoms with Crippen LogP contribution in [-0.4, -0.2) is 10.8 Å². The maximum Gasteiger partial charge on any atom is 0.136 e. The molecule has 1 aromatic rings. The van der Waals surface area contributed by atoms with Crippen LogP contribution in [0.4, 0.5) is 0 Å². The molecule has 1 aliphatic carbocycles. The smallest absolute Gasteiger partial charge is 0.136 e. The first-order chi connectivity index (χ1) is 8.07. The van der Waals surface area contributed by atoms with E-state index in [2.05, 4.69) is 25.1 Å². The maximum absolute atomic E-state index is 9.59. The minimum absolute atomic E-state index is 0.457. The van der Waals surface area contributed by atoms with Crippen LogP contribution in [0.25, 0.3) is 6.08 Å². The van der Waals surface area contributed by atoms with E-state index in [9.17, 15) is 5.11 Å². The van der Waals surface area contributed by atoms with Gasteiger partial charge in [0.1, 0.15) is 5.72 Å². The van der Waals surface area contributed by atoms with Crippen molar-refractivity contribution >= 4 is 6.08 Å². The lowest BCUT2D eigenvalue weighted by atomic mass is 9.95. The van der Waals surface area contributed by atoms with Crippen LogP contribution in [0.15, 0.2) is 59.7 Å². The van der Waals surface area contributed by atoms with Crippen LogP contribution in [0.3, 0.4) is 0 Å². The first-order valence-electron chi connectivity index (χ1n) is 5.71. The van der Waals surface area contributed by atoms with E-state index < -0.39 is 5.72 Å². The molecule has 1 aromatic carbocycles. The van der Waals surface area contributed by atoms with Crippen molar-refractivity contribution in [3.63, 3.8) is 0 Å². The molecule has 2 heteroatoms. The Labute approximate surface area is 102 Å². The summed E-state index contributed by atoms with van der Waals surface area (Å²) in [5.41, 5.74) is 7.87. The van der Waals surface area contributed by atoms with Crippen molar-refractivity contribution in [2.75, 3.05) is 0 Å². The molecular weight excluding hydrogens is 210 g/mol. The van der Waals surface area contributed by atoms with Crippen molar-refractivity contribution < 1.29 is 5.11 Å². The Morgan fingerprint density at radius 1 is 1.35 bits per heavy atom. The lowest BCUT2D eigenvalue weighted by molar-refractivity contribution is 0.100. The van der Waals surface area contributed by atoms with Crippen LogP contribution in [0.5, 0.6) is 0 Å². The van der Waals surface area contributed by atoms with Crippen LogP contribution in [0.2, 0.25) is 0 Å². The summed E-state index contributed by atoms with van der Waals surface area (Å²) in [6.45, 7) is 2.06. The second kappa shape index (κ2) is 4.70. The topological polar surface area (TPSA) is 46.2 Å². The number of aliphatic hydroxyl groups is 1. The molecule has 0 spiro atoms. The molecule has 1 atom stereocenters. The number of nitrogens with two attached hydrogens (primary N) is 1. The van der Waals surface area contributed by atoms with Gasteiger partial charge in [0.05, 0.1) is 0 Å². The Bertz CT molecular complexity index is 481. The third-order valence-electron chi connectivity index (χ3n) is 2.84. The summed E-state index contributed by atoms with van der Waals surface area (Å²) in [6, 6.07) is 10.2. The van der Waals surface area contributed by atoms with Gasteiger partial charge >= 0.3 is 0 Å². The molecule has 88 valence electrons. The van der Waals surface area contributed by atoms with Crippen LogP contribution in [0, 0.1) is 0 Å². The monoisotopic (exact) mass is 227 g/mol. The van der Waals surface area contributed by atoms with Crippen LogP contribution < -0.4 is 5.73 Å². The van der Waals surface area contributed by atoms with Crippen LogP contribution >= 0.6 is 0 Å². The second-order valence-corrected chi connectivity index (χ2v) is 4.43. The van der Waals surface area contributed by atoms with Gasteiger partial charge in [-0.3, -0.25) is 0 Å². The van der Waals surface area contributed by atoms with Crippen LogP contribution in [0.1, 0.15) is 18.9 Å². The molecule has 0 aromatic heterocycles. The number of benzene rings is 1. The van der Waals surface area contributed by atoms with Gasteiger partial charge in [-0.15, -0.1) is 0 Å². The third-order valence-corrected chi connectivity index (χ3v) is 2.84. The lowest BCUT2D eigenvalue weighted by Gasteiger charge is -2.21. The predicted molar refractivity (Wildman–Crippen MR) is 71.1 cm³/mol. The third kappa shape index (κ3) is 3.16. The van der Waals surface area contributed by atoms with E-state index in [0.717, 1.165) is 5.57 Å². The van der Waals surface area contributed by atoms with Gasteiger partial charge in [-0.25, -0.2) is 0 Å². The molecule has 0 fully saturated rings. The van der Waals surface area contributed by atoms with Crippen molar-refractivity contribution in [1.82, 2.24) is 0 Å². The van der Waals surface area contributed by atoms with Crippen molar-refractivity contribution in [1.29, 1.82) is 0 Å². The second-order valence-electron chi connectivity index (χ2n) is 4.43. The van der Waals surface area contributed by atoms with Crippen molar-refractivity contribution in [3.05, 3.63) is 65.3 Å². The summed E-state index contributed by atoms with van der Waals surface area (Å²) in [5.74, 6) is 0. The van der Waals surface area contributed by atoms with Gasteiger partial charge in [0, 0.05) is 6.42 Å². The van der Waals surface area contributed by atoms with Crippen molar-refractivity contribution in [2.45, 2.75) is 19.1 Å². The molecule has 0 aliphatic heterocycles. The van der Waals surface area contributed by atoms with Gasteiger partial charge in [0.2, 0.25) is 0 Å². The highest BCUT2D eigenvalue weighted by Crippen LogP contribution is 2.22. The molecule has 17 heavy (non-hydrogen) atoms. The first-order valence-corrected chi connectivity index (χ1v) is 5.71. The van der Waals surface area contributed by atoms with Gasteiger partial charge < -0.3 is 10.8 Å². The summed E-state index contributed by atoms with van der Waals surface area (Å²) in [5, 5.41) is 9.59. The summed E-state index contributed by atoms with van der Waals surface area (Å²) in [7, 11) is 0. The minimum Gasteiger partial charge on any atom is -0.372 e. The summed E-state index contributed by atoms with van der Waals surface area (Å²) < 4.78 is 0. The highest BCUT2D eigenvalue weighted by Gasteiger charge is 2.18. The fraction of sp³-hybridized carbons (Fsp3) is 0.200. The van der Waals surface area contributed by atoms with E-state index in [1.807, 2.05) is 30.4 Å². The molecule has 0 saturated heterocycles. The summed E-state index contributed by atoms with van der Waals surface area (Å²) in [6.07, 6.45) is 8.06. The zero-order chi connectivity index (χ0) is 12.3. The van der Waals surface area contributed by atoms with E-state index in [4.69, 9.17) is 5.73 Å². The van der Waals surface area contributed by atoms with Gasteiger partial charge in [-0.1, -0.05) is 48.6 Å². The van der Waals surface area contributed by atoms with Crippen molar-refractivity contribution in [2.24, 2.45) is 5.73 Å². The summed E-state index contributed by atoms with van der Waals surface area (Å²) >= 11 is 0. The largest absolute Gasteiger partial charge is 0.372 e. The first kappa shape index (κ1) is 11.8. The Hall–Kier alpha value is -1.64. The molecule has 0 bridgehead atoms. The molecule has 0 saturated carbocycles. The van der Waals surface area contributed by atoms with Gasteiger partial charge in [0.15, 0.2) is 0 Å². The summed E-state index contributed by atoms with van der Waals surface area (Å²) in [4.78, 5) is 0. The van der Waals surface area contributed by atoms with E-state index in [1.165, 1.54) is 11.1 Å². The highest BCUT2D eigenvalue weighted by molar-refractivity contribution is 5.60.